The topological polar surface area (TPSA) is 63.3 Å². The lowest BCUT2D eigenvalue weighted by Crippen LogP contribution is -2.31. The van der Waals surface area contributed by atoms with E-state index in [1.807, 2.05) is 51.6 Å². The van der Waals surface area contributed by atoms with Crippen molar-refractivity contribution in [3.63, 3.8) is 0 Å². The molecule has 172 valence electrons. The number of nitrogens with one attached hydrogen (secondary N) is 1. The summed E-state index contributed by atoms with van der Waals surface area (Å²) in [6, 6.07) is 14.9. The molecule has 1 saturated heterocycles. The first-order chi connectivity index (χ1) is 16.7. The van der Waals surface area contributed by atoms with Crippen LogP contribution in [-0.4, -0.2) is 53.9 Å². The Morgan fingerprint density at radius 3 is 2.79 bits per heavy atom. The monoisotopic (exact) mass is 473 g/mol. The van der Waals surface area contributed by atoms with Crippen molar-refractivity contribution in [3.05, 3.63) is 84.2 Å². The summed E-state index contributed by atoms with van der Waals surface area (Å²) in [5, 5.41) is 13.4. The summed E-state index contributed by atoms with van der Waals surface area (Å²) >= 11 is 2.02. The highest BCUT2D eigenvalue weighted by molar-refractivity contribution is 7.99. The van der Waals surface area contributed by atoms with E-state index in [1.165, 1.54) is 23.1 Å². The Morgan fingerprint density at radius 1 is 1.00 bits per heavy atom. The molecule has 0 spiro atoms. The average Bonchev–Trinajstić information content (AvgIpc) is 3.44. The Labute approximate surface area is 200 Å². The van der Waals surface area contributed by atoms with Gasteiger partial charge in [0.15, 0.2) is 5.82 Å². The van der Waals surface area contributed by atoms with Gasteiger partial charge in [0.05, 0.1) is 18.3 Å². The standard InChI is InChI=1S/C25H24FN7S/c26-21-3-1-2-18(12-21)15-33-23-5-4-22(13-20(23)14-28-33)30-25-24-19(6-7-32(24)29-17-27-25)16-31-8-10-34-11-9-31/h1-7,12-14,17H,8-11,15-16H2,(H,27,29,30). The van der Waals surface area contributed by atoms with E-state index in [0.29, 0.717) is 6.54 Å². The molecule has 4 heterocycles. The number of nitrogens with zero attached hydrogens (tertiary/aromatic N) is 6. The van der Waals surface area contributed by atoms with Crippen LogP contribution >= 0.6 is 11.8 Å². The van der Waals surface area contributed by atoms with Crippen LogP contribution < -0.4 is 5.32 Å². The van der Waals surface area contributed by atoms with E-state index < -0.39 is 0 Å². The quantitative estimate of drug-likeness (QED) is 0.390. The Hall–Kier alpha value is -3.43. The molecule has 7 nitrogen and oxygen atoms in total. The highest BCUT2D eigenvalue weighted by Crippen LogP contribution is 2.27. The van der Waals surface area contributed by atoms with E-state index in [1.54, 1.807) is 18.5 Å². The highest BCUT2D eigenvalue weighted by Gasteiger charge is 2.16. The number of benzene rings is 2. The molecule has 34 heavy (non-hydrogen) atoms. The SMILES string of the molecule is Fc1cccc(Cn2ncc3cc(Nc4ncnn5ccc(CN6CCSCC6)c45)ccc32)c1. The molecule has 2 aromatic carbocycles. The third-order valence-corrected chi connectivity index (χ3v) is 7.10. The van der Waals surface area contributed by atoms with Crippen molar-refractivity contribution < 1.29 is 4.39 Å². The van der Waals surface area contributed by atoms with Crippen LogP contribution in [0.4, 0.5) is 15.9 Å². The molecule has 0 atom stereocenters. The van der Waals surface area contributed by atoms with Gasteiger partial charge in [-0.3, -0.25) is 9.58 Å². The van der Waals surface area contributed by atoms with Crippen LogP contribution in [0, 0.1) is 5.82 Å². The number of fused-ring (bicyclic) bond motifs is 2. The minimum atomic E-state index is -0.236. The van der Waals surface area contributed by atoms with Crippen molar-refractivity contribution in [2.75, 3.05) is 29.9 Å². The van der Waals surface area contributed by atoms with Gasteiger partial charge in [-0.2, -0.15) is 22.0 Å². The maximum Gasteiger partial charge on any atom is 0.158 e. The van der Waals surface area contributed by atoms with Crippen molar-refractivity contribution in [1.29, 1.82) is 0 Å². The van der Waals surface area contributed by atoms with E-state index in [2.05, 4.69) is 37.5 Å². The van der Waals surface area contributed by atoms with Crippen molar-refractivity contribution >= 4 is 39.7 Å². The van der Waals surface area contributed by atoms with E-state index in [-0.39, 0.29) is 5.82 Å². The van der Waals surface area contributed by atoms with Crippen LogP contribution in [0.3, 0.4) is 0 Å². The lowest BCUT2D eigenvalue weighted by molar-refractivity contribution is 0.296. The predicted octanol–water partition coefficient (Wildman–Crippen LogP) is 4.56. The zero-order chi connectivity index (χ0) is 22.9. The summed E-state index contributed by atoms with van der Waals surface area (Å²) in [4.78, 5) is 7.04. The van der Waals surface area contributed by atoms with Crippen LogP contribution in [0.5, 0.6) is 0 Å². The van der Waals surface area contributed by atoms with Crippen LogP contribution in [0.1, 0.15) is 11.1 Å². The molecule has 0 amide bonds. The van der Waals surface area contributed by atoms with Gasteiger partial charge in [-0.05, 0) is 47.5 Å². The summed E-state index contributed by atoms with van der Waals surface area (Å²) in [6.45, 7) is 3.62. The van der Waals surface area contributed by atoms with Gasteiger partial charge >= 0.3 is 0 Å². The summed E-state index contributed by atoms with van der Waals surface area (Å²) in [5.74, 6) is 2.91. The van der Waals surface area contributed by atoms with E-state index in [4.69, 9.17) is 0 Å². The second-order valence-corrected chi connectivity index (χ2v) is 9.69. The third-order valence-electron chi connectivity index (χ3n) is 6.16. The van der Waals surface area contributed by atoms with E-state index in [9.17, 15) is 4.39 Å². The molecule has 1 N–H and O–H groups in total. The molecule has 0 radical (unpaired) electrons. The first-order valence-corrected chi connectivity index (χ1v) is 12.5. The minimum absolute atomic E-state index is 0.236. The molecule has 1 fully saturated rings. The lowest BCUT2D eigenvalue weighted by atomic mass is 10.2. The molecule has 1 aliphatic heterocycles. The number of aromatic nitrogens is 5. The summed E-state index contributed by atoms with van der Waals surface area (Å²) < 4.78 is 17.3. The summed E-state index contributed by atoms with van der Waals surface area (Å²) in [7, 11) is 0. The fourth-order valence-corrected chi connectivity index (χ4v) is 5.45. The molecular formula is C25H24FN7S. The Morgan fingerprint density at radius 2 is 1.91 bits per heavy atom. The highest BCUT2D eigenvalue weighted by atomic mass is 32.2. The normalized spacial score (nSPS) is 14.7. The van der Waals surface area contributed by atoms with Gasteiger partial charge in [-0.1, -0.05) is 12.1 Å². The molecule has 1 aliphatic rings. The van der Waals surface area contributed by atoms with Crippen LogP contribution in [0.25, 0.3) is 16.4 Å². The van der Waals surface area contributed by atoms with Gasteiger partial charge in [0.1, 0.15) is 17.7 Å². The van der Waals surface area contributed by atoms with E-state index >= 15 is 0 Å². The second-order valence-electron chi connectivity index (χ2n) is 8.46. The van der Waals surface area contributed by atoms with Gasteiger partial charge in [-0.15, -0.1) is 0 Å². The number of anilines is 2. The molecule has 9 heteroatoms. The fourth-order valence-electron chi connectivity index (χ4n) is 4.47. The minimum Gasteiger partial charge on any atom is -0.338 e. The predicted molar refractivity (Wildman–Crippen MR) is 134 cm³/mol. The van der Waals surface area contributed by atoms with Crippen LogP contribution in [-0.2, 0) is 13.1 Å². The number of hydrogen-bond donors (Lipinski definition) is 1. The summed E-state index contributed by atoms with van der Waals surface area (Å²) in [5.41, 5.74) is 5.03. The third kappa shape index (κ3) is 4.24. The molecule has 0 unspecified atom stereocenters. The van der Waals surface area contributed by atoms with Gasteiger partial charge < -0.3 is 5.32 Å². The number of halogens is 1. The first kappa shape index (κ1) is 21.1. The van der Waals surface area contributed by atoms with Gasteiger partial charge in [0, 0.05) is 48.4 Å². The smallest absolute Gasteiger partial charge is 0.158 e. The average molecular weight is 474 g/mol. The molecule has 5 aromatic rings. The zero-order valence-electron chi connectivity index (χ0n) is 18.6. The number of thioether (sulfide) groups is 1. The molecule has 6 rings (SSSR count). The molecular weight excluding hydrogens is 449 g/mol. The van der Waals surface area contributed by atoms with Crippen molar-refractivity contribution in [1.82, 2.24) is 29.3 Å². The second kappa shape index (κ2) is 9.08. The maximum atomic E-state index is 13.6. The van der Waals surface area contributed by atoms with Gasteiger partial charge in [-0.25, -0.2) is 13.9 Å². The number of rotatable bonds is 6. The molecule has 0 saturated carbocycles. The zero-order valence-corrected chi connectivity index (χ0v) is 19.4. The lowest BCUT2D eigenvalue weighted by Gasteiger charge is -2.25. The molecule has 0 bridgehead atoms. The van der Waals surface area contributed by atoms with Crippen molar-refractivity contribution in [2.24, 2.45) is 0 Å². The van der Waals surface area contributed by atoms with Crippen LogP contribution in [0.2, 0.25) is 0 Å². The maximum absolute atomic E-state index is 13.6. The molecule has 3 aromatic heterocycles. The Balaban J connectivity index is 1.27. The largest absolute Gasteiger partial charge is 0.338 e. The Kier molecular flexibility index (Phi) is 5.64. The fraction of sp³-hybridized carbons (Fsp3) is 0.240. The van der Waals surface area contributed by atoms with Crippen molar-refractivity contribution in [3.8, 4) is 0 Å². The van der Waals surface area contributed by atoms with Gasteiger partial charge in [0.25, 0.3) is 0 Å². The summed E-state index contributed by atoms with van der Waals surface area (Å²) in [6.07, 6.45) is 5.41. The van der Waals surface area contributed by atoms with Gasteiger partial charge in [0.2, 0.25) is 0 Å². The van der Waals surface area contributed by atoms with E-state index in [0.717, 1.165) is 53.1 Å². The molecule has 0 aliphatic carbocycles. The Bertz CT molecular complexity index is 1450. The van der Waals surface area contributed by atoms with Crippen LogP contribution in [0.15, 0.2) is 67.3 Å². The number of hydrogen-bond acceptors (Lipinski definition) is 6. The van der Waals surface area contributed by atoms with Crippen molar-refractivity contribution in [2.45, 2.75) is 13.1 Å². The first-order valence-electron chi connectivity index (χ1n) is 11.3.